The second-order valence-electron chi connectivity index (χ2n) is 10.3. The van der Waals surface area contributed by atoms with Gasteiger partial charge in [0.25, 0.3) is 0 Å². The molecule has 0 saturated heterocycles. The van der Waals surface area contributed by atoms with Crippen molar-refractivity contribution >= 4 is 23.4 Å². The minimum atomic E-state index is -0.836. The van der Waals surface area contributed by atoms with E-state index >= 15 is 0 Å². The van der Waals surface area contributed by atoms with Crippen molar-refractivity contribution in [3.63, 3.8) is 0 Å². The first-order valence-electron chi connectivity index (χ1n) is 12.2. The van der Waals surface area contributed by atoms with Crippen molar-refractivity contribution in [1.82, 2.24) is 14.8 Å². The van der Waals surface area contributed by atoms with Gasteiger partial charge in [-0.15, -0.1) is 0 Å². The highest BCUT2D eigenvalue weighted by atomic mass is 35.5. The van der Waals surface area contributed by atoms with Gasteiger partial charge in [-0.1, -0.05) is 76.6 Å². The highest BCUT2D eigenvalue weighted by Gasteiger charge is 2.46. The molecule has 2 atom stereocenters. The molecule has 3 aromatic rings. The number of amides is 1. The summed E-state index contributed by atoms with van der Waals surface area (Å²) >= 11 is 6.08. The normalized spacial score (nSPS) is 14.3. The standard InChI is InChI=1S/C28H37ClN4O2/c1-7-21(2)24-10-8-9-11-25(24)32(6)26(34)35-28(27(3,4)5,18-33-20-30-19-31-33)17-16-22-12-14-23(29)15-13-22/h8-15,19-21H,7,16-18H2,1-6H3. The number of benzene rings is 2. The van der Waals surface area contributed by atoms with E-state index in [-0.39, 0.29) is 11.5 Å². The molecule has 0 aliphatic heterocycles. The molecule has 0 spiro atoms. The number of rotatable bonds is 9. The molecule has 0 fully saturated rings. The number of carbonyl (C=O) groups excluding carboxylic acids is 1. The van der Waals surface area contributed by atoms with E-state index in [9.17, 15) is 4.79 Å². The van der Waals surface area contributed by atoms with Crippen LogP contribution in [0.25, 0.3) is 0 Å². The summed E-state index contributed by atoms with van der Waals surface area (Å²) in [4.78, 5) is 19.4. The van der Waals surface area contributed by atoms with Crippen LogP contribution in [0, 0.1) is 5.41 Å². The van der Waals surface area contributed by atoms with Crippen molar-refractivity contribution in [1.29, 1.82) is 0 Å². The van der Waals surface area contributed by atoms with Gasteiger partial charge < -0.3 is 4.74 Å². The lowest BCUT2D eigenvalue weighted by Crippen LogP contribution is -2.52. The molecule has 0 saturated carbocycles. The maximum absolute atomic E-state index is 13.7. The van der Waals surface area contributed by atoms with Crippen molar-refractivity contribution in [2.45, 2.75) is 71.9 Å². The fourth-order valence-electron chi connectivity index (χ4n) is 4.26. The first-order valence-corrected chi connectivity index (χ1v) is 12.6. The van der Waals surface area contributed by atoms with Crippen LogP contribution in [0.5, 0.6) is 0 Å². The molecule has 1 heterocycles. The van der Waals surface area contributed by atoms with Crippen molar-refractivity contribution in [3.8, 4) is 0 Å². The Morgan fingerprint density at radius 3 is 2.43 bits per heavy atom. The summed E-state index contributed by atoms with van der Waals surface area (Å²) in [6, 6.07) is 15.8. The Bertz CT molecular complexity index is 1090. The Hall–Kier alpha value is -2.86. The van der Waals surface area contributed by atoms with Gasteiger partial charge in [-0.3, -0.25) is 4.90 Å². The van der Waals surface area contributed by atoms with E-state index in [0.717, 1.165) is 29.7 Å². The molecule has 6 nitrogen and oxygen atoms in total. The number of hydrogen-bond donors (Lipinski definition) is 0. The van der Waals surface area contributed by atoms with Gasteiger partial charge >= 0.3 is 6.09 Å². The van der Waals surface area contributed by atoms with Crippen molar-refractivity contribution in [2.75, 3.05) is 11.9 Å². The van der Waals surface area contributed by atoms with Crippen LogP contribution >= 0.6 is 11.6 Å². The molecule has 1 amide bonds. The van der Waals surface area contributed by atoms with E-state index in [1.54, 1.807) is 23.0 Å². The van der Waals surface area contributed by atoms with Crippen LogP contribution in [-0.2, 0) is 17.7 Å². The second kappa shape index (κ2) is 11.3. The predicted molar refractivity (Wildman–Crippen MR) is 142 cm³/mol. The first-order chi connectivity index (χ1) is 16.6. The minimum absolute atomic E-state index is 0.328. The van der Waals surface area contributed by atoms with E-state index in [4.69, 9.17) is 16.3 Å². The molecule has 0 aliphatic carbocycles. The summed E-state index contributed by atoms with van der Waals surface area (Å²) in [5.74, 6) is 0.328. The second-order valence-corrected chi connectivity index (χ2v) is 10.7. The molecule has 0 bridgehead atoms. The first kappa shape index (κ1) is 26.7. The van der Waals surface area contributed by atoms with Gasteiger partial charge in [0.2, 0.25) is 0 Å². The lowest BCUT2D eigenvalue weighted by molar-refractivity contribution is -0.0850. The molecule has 0 N–H and O–H groups in total. The van der Waals surface area contributed by atoms with Gasteiger partial charge in [-0.2, -0.15) is 5.10 Å². The molecule has 35 heavy (non-hydrogen) atoms. The van der Waals surface area contributed by atoms with E-state index in [1.165, 1.54) is 6.33 Å². The zero-order valence-corrected chi connectivity index (χ0v) is 22.4. The number of anilines is 1. The zero-order chi connectivity index (χ0) is 25.6. The molecule has 0 radical (unpaired) electrons. The third kappa shape index (κ3) is 6.43. The Morgan fingerprint density at radius 2 is 1.83 bits per heavy atom. The fraction of sp³-hybridized carbons (Fsp3) is 0.464. The SMILES string of the molecule is CCC(C)c1ccccc1N(C)C(=O)OC(CCc1ccc(Cl)cc1)(Cn1cncn1)C(C)(C)C. The quantitative estimate of drug-likeness (QED) is 0.316. The molecule has 7 heteroatoms. The number of ether oxygens (including phenoxy) is 1. The van der Waals surface area contributed by atoms with Crippen LogP contribution < -0.4 is 4.90 Å². The average Bonchev–Trinajstić information content (AvgIpc) is 3.34. The minimum Gasteiger partial charge on any atom is -0.440 e. The van der Waals surface area contributed by atoms with Crippen molar-refractivity contribution in [2.24, 2.45) is 5.41 Å². The Labute approximate surface area is 214 Å². The topological polar surface area (TPSA) is 60.2 Å². The Morgan fingerprint density at radius 1 is 1.14 bits per heavy atom. The smallest absolute Gasteiger partial charge is 0.414 e. The largest absolute Gasteiger partial charge is 0.440 e. The van der Waals surface area contributed by atoms with Crippen LogP contribution in [0.4, 0.5) is 10.5 Å². The lowest BCUT2D eigenvalue weighted by atomic mass is 9.73. The lowest BCUT2D eigenvalue weighted by Gasteiger charge is -2.44. The molecular formula is C28H37ClN4O2. The number of aromatic nitrogens is 3. The summed E-state index contributed by atoms with van der Waals surface area (Å²) in [5, 5.41) is 5.02. The van der Waals surface area contributed by atoms with E-state index in [2.05, 4.69) is 50.8 Å². The zero-order valence-electron chi connectivity index (χ0n) is 21.7. The fourth-order valence-corrected chi connectivity index (χ4v) is 4.39. The third-order valence-corrected chi connectivity index (χ3v) is 7.23. The van der Waals surface area contributed by atoms with Crippen LogP contribution in [-0.4, -0.2) is 33.5 Å². The van der Waals surface area contributed by atoms with Gasteiger partial charge in [0.15, 0.2) is 0 Å². The van der Waals surface area contributed by atoms with E-state index in [1.807, 2.05) is 42.5 Å². The highest BCUT2D eigenvalue weighted by molar-refractivity contribution is 6.30. The predicted octanol–water partition coefficient (Wildman–Crippen LogP) is 7.14. The number of hydrogen-bond acceptors (Lipinski definition) is 4. The van der Waals surface area contributed by atoms with Crippen LogP contribution in [0.15, 0.2) is 61.2 Å². The molecular weight excluding hydrogens is 460 g/mol. The molecule has 0 aliphatic rings. The summed E-state index contributed by atoms with van der Waals surface area (Å²) in [5.41, 5.74) is 1.92. The number of nitrogens with zero attached hydrogens (tertiary/aromatic N) is 4. The van der Waals surface area contributed by atoms with Crippen LogP contribution in [0.1, 0.15) is 64.5 Å². The van der Waals surface area contributed by atoms with Gasteiger partial charge in [-0.25, -0.2) is 14.5 Å². The van der Waals surface area contributed by atoms with Gasteiger partial charge in [0.1, 0.15) is 18.3 Å². The summed E-state index contributed by atoms with van der Waals surface area (Å²) in [7, 11) is 1.78. The number of aryl methyl sites for hydroxylation is 1. The molecule has 3 rings (SSSR count). The molecule has 188 valence electrons. The molecule has 2 unspecified atom stereocenters. The van der Waals surface area contributed by atoms with Crippen LogP contribution in [0.2, 0.25) is 5.02 Å². The van der Waals surface area contributed by atoms with Crippen molar-refractivity contribution in [3.05, 3.63) is 77.3 Å². The average molecular weight is 497 g/mol. The Kier molecular flexibility index (Phi) is 8.60. The van der Waals surface area contributed by atoms with E-state index in [0.29, 0.717) is 23.9 Å². The summed E-state index contributed by atoms with van der Waals surface area (Å²) in [6.45, 7) is 11.0. The van der Waals surface area contributed by atoms with Crippen molar-refractivity contribution < 1.29 is 9.53 Å². The van der Waals surface area contributed by atoms with Gasteiger partial charge in [-0.05, 0) is 54.5 Å². The van der Waals surface area contributed by atoms with Crippen LogP contribution in [0.3, 0.4) is 0 Å². The molecule has 2 aromatic carbocycles. The maximum Gasteiger partial charge on any atom is 0.414 e. The molecule has 1 aromatic heterocycles. The van der Waals surface area contributed by atoms with Gasteiger partial charge in [0.05, 0.1) is 12.2 Å². The maximum atomic E-state index is 13.7. The third-order valence-electron chi connectivity index (χ3n) is 6.98. The number of carbonyl (C=O) groups is 1. The number of halogens is 1. The van der Waals surface area contributed by atoms with Gasteiger partial charge in [0, 0.05) is 17.5 Å². The monoisotopic (exact) mass is 496 g/mol. The Balaban J connectivity index is 1.94. The number of para-hydroxylation sites is 1. The highest BCUT2D eigenvalue weighted by Crippen LogP contribution is 2.40. The summed E-state index contributed by atoms with van der Waals surface area (Å²) < 4.78 is 8.22. The van der Waals surface area contributed by atoms with E-state index < -0.39 is 5.60 Å². The summed E-state index contributed by atoms with van der Waals surface area (Å²) in [6.07, 6.45) is 5.11.